The molecule has 2 rings (SSSR count). The molecule has 1 aromatic heterocycles. The minimum Gasteiger partial charge on any atom is -0.308 e. The van der Waals surface area contributed by atoms with Gasteiger partial charge in [-0.3, -0.25) is 0 Å². The van der Waals surface area contributed by atoms with Gasteiger partial charge in [0, 0.05) is 13.1 Å². The van der Waals surface area contributed by atoms with Crippen molar-refractivity contribution in [1.29, 1.82) is 0 Å². The molecule has 0 bridgehead atoms. The molecule has 7 heteroatoms. The Bertz CT molecular complexity index is 575. The average molecular weight is 359 g/mol. The molecule has 1 heterocycles. The summed E-state index contributed by atoms with van der Waals surface area (Å²) in [6, 6.07) is 3.45. The van der Waals surface area contributed by atoms with Crippen LogP contribution in [0.2, 0.25) is 0 Å². The molecule has 0 aliphatic heterocycles. The predicted molar refractivity (Wildman–Crippen MR) is 79.8 cm³/mol. The number of nitrogens with one attached hydrogen (secondary N) is 1. The summed E-state index contributed by atoms with van der Waals surface area (Å²) in [7, 11) is 1.79. The lowest BCUT2D eigenvalue weighted by molar-refractivity contribution is 0.487. The van der Waals surface area contributed by atoms with E-state index in [0.717, 1.165) is 24.7 Å². The number of benzene rings is 1. The lowest BCUT2D eigenvalue weighted by Crippen LogP contribution is -2.26. The molecule has 0 fully saturated rings. The zero-order valence-electron chi connectivity index (χ0n) is 11.9. The van der Waals surface area contributed by atoms with Gasteiger partial charge in [-0.1, -0.05) is 12.1 Å². The van der Waals surface area contributed by atoms with Gasteiger partial charge < -0.3 is 5.32 Å². The SMILES string of the molecule is CCCNC(Cc1cc(F)cc(F)c1)c1c(Br)nnn1C. The third-order valence-corrected chi connectivity index (χ3v) is 3.72. The third-order valence-electron chi connectivity index (χ3n) is 3.16. The fourth-order valence-electron chi connectivity index (χ4n) is 2.26. The molecule has 2 aromatic rings. The summed E-state index contributed by atoms with van der Waals surface area (Å²) in [5.74, 6) is -1.14. The molecule has 0 saturated carbocycles. The van der Waals surface area contributed by atoms with Crippen LogP contribution in [0.4, 0.5) is 8.78 Å². The first-order valence-electron chi connectivity index (χ1n) is 6.74. The monoisotopic (exact) mass is 358 g/mol. The van der Waals surface area contributed by atoms with E-state index in [2.05, 4.69) is 38.5 Å². The molecule has 0 amide bonds. The van der Waals surface area contributed by atoms with Gasteiger partial charge in [-0.15, -0.1) is 5.10 Å². The van der Waals surface area contributed by atoms with Crippen molar-refractivity contribution in [3.05, 3.63) is 45.7 Å². The second-order valence-corrected chi connectivity index (χ2v) is 5.63. The lowest BCUT2D eigenvalue weighted by Gasteiger charge is -2.19. The van der Waals surface area contributed by atoms with E-state index in [1.54, 1.807) is 11.7 Å². The molecule has 114 valence electrons. The Morgan fingerprint density at radius 3 is 2.48 bits per heavy atom. The van der Waals surface area contributed by atoms with Crippen LogP contribution in [0.5, 0.6) is 0 Å². The Morgan fingerprint density at radius 2 is 1.95 bits per heavy atom. The van der Waals surface area contributed by atoms with Crippen LogP contribution in [0.1, 0.15) is 30.6 Å². The highest BCUT2D eigenvalue weighted by Crippen LogP contribution is 2.24. The molecule has 4 nitrogen and oxygen atoms in total. The van der Waals surface area contributed by atoms with E-state index in [1.165, 1.54) is 12.1 Å². The van der Waals surface area contributed by atoms with Crippen molar-refractivity contribution in [3.63, 3.8) is 0 Å². The van der Waals surface area contributed by atoms with E-state index < -0.39 is 11.6 Å². The molecule has 21 heavy (non-hydrogen) atoms. The zero-order valence-corrected chi connectivity index (χ0v) is 13.5. The number of nitrogens with zero attached hydrogens (tertiary/aromatic N) is 3. The fraction of sp³-hybridized carbons (Fsp3) is 0.429. The summed E-state index contributed by atoms with van der Waals surface area (Å²) in [5.41, 5.74) is 1.45. The van der Waals surface area contributed by atoms with Gasteiger partial charge in [0.05, 0.1) is 11.7 Å². The van der Waals surface area contributed by atoms with E-state index in [-0.39, 0.29) is 6.04 Å². The first-order valence-corrected chi connectivity index (χ1v) is 7.54. The van der Waals surface area contributed by atoms with Crippen LogP contribution >= 0.6 is 15.9 Å². The molecule has 0 radical (unpaired) electrons. The number of rotatable bonds is 6. The third kappa shape index (κ3) is 4.07. The highest BCUT2D eigenvalue weighted by molar-refractivity contribution is 9.10. The Labute approximate surface area is 130 Å². The lowest BCUT2D eigenvalue weighted by atomic mass is 10.0. The van der Waals surface area contributed by atoms with Crippen LogP contribution < -0.4 is 5.32 Å². The van der Waals surface area contributed by atoms with Gasteiger partial charge in [0.25, 0.3) is 0 Å². The van der Waals surface area contributed by atoms with E-state index >= 15 is 0 Å². The first-order chi connectivity index (χ1) is 10.0. The summed E-state index contributed by atoms with van der Waals surface area (Å²) in [5, 5.41) is 11.3. The highest BCUT2D eigenvalue weighted by atomic mass is 79.9. The molecule has 0 aliphatic carbocycles. The van der Waals surface area contributed by atoms with Gasteiger partial charge in [0.15, 0.2) is 4.60 Å². The van der Waals surface area contributed by atoms with Crippen LogP contribution in [0.25, 0.3) is 0 Å². The van der Waals surface area contributed by atoms with Crippen LogP contribution in [0, 0.1) is 11.6 Å². The van der Waals surface area contributed by atoms with Crippen molar-refractivity contribution in [2.75, 3.05) is 6.54 Å². The molecule has 1 atom stereocenters. The minimum atomic E-state index is -0.568. The molecule has 0 saturated heterocycles. The summed E-state index contributed by atoms with van der Waals surface area (Å²) in [4.78, 5) is 0. The van der Waals surface area contributed by atoms with E-state index in [9.17, 15) is 8.78 Å². The molecular weight excluding hydrogens is 342 g/mol. The van der Waals surface area contributed by atoms with Crippen molar-refractivity contribution in [1.82, 2.24) is 20.3 Å². The average Bonchev–Trinajstić information content (AvgIpc) is 2.73. The van der Waals surface area contributed by atoms with Crippen molar-refractivity contribution in [2.24, 2.45) is 7.05 Å². The minimum absolute atomic E-state index is 0.125. The fourth-order valence-corrected chi connectivity index (χ4v) is 2.86. The highest BCUT2D eigenvalue weighted by Gasteiger charge is 2.20. The predicted octanol–water partition coefficient (Wildman–Crippen LogP) is 3.14. The molecule has 1 aromatic carbocycles. The van der Waals surface area contributed by atoms with Gasteiger partial charge in [-0.05, 0) is 53.0 Å². The quantitative estimate of drug-likeness (QED) is 0.862. The maximum atomic E-state index is 13.3. The molecule has 1 N–H and O–H groups in total. The van der Waals surface area contributed by atoms with Gasteiger partial charge in [0.2, 0.25) is 0 Å². The zero-order chi connectivity index (χ0) is 15.4. The molecule has 1 unspecified atom stereocenters. The van der Waals surface area contributed by atoms with E-state index in [1.807, 2.05) is 0 Å². The first kappa shape index (κ1) is 16.0. The maximum Gasteiger partial charge on any atom is 0.153 e. The Hall–Kier alpha value is -1.34. The number of aryl methyl sites for hydroxylation is 1. The summed E-state index contributed by atoms with van der Waals surface area (Å²) >= 11 is 3.37. The topological polar surface area (TPSA) is 42.7 Å². The van der Waals surface area contributed by atoms with Crippen molar-refractivity contribution in [2.45, 2.75) is 25.8 Å². The van der Waals surface area contributed by atoms with E-state index in [4.69, 9.17) is 0 Å². The van der Waals surface area contributed by atoms with Crippen LogP contribution in [0.15, 0.2) is 22.8 Å². The van der Waals surface area contributed by atoms with Gasteiger partial charge in [-0.2, -0.15) is 0 Å². The van der Waals surface area contributed by atoms with Gasteiger partial charge in [0.1, 0.15) is 11.6 Å². The van der Waals surface area contributed by atoms with Gasteiger partial charge >= 0.3 is 0 Å². The van der Waals surface area contributed by atoms with E-state index in [0.29, 0.717) is 16.6 Å². The molecule has 0 spiro atoms. The van der Waals surface area contributed by atoms with Crippen LogP contribution in [-0.2, 0) is 13.5 Å². The smallest absolute Gasteiger partial charge is 0.153 e. The summed E-state index contributed by atoms with van der Waals surface area (Å²) < 4.78 is 29.0. The number of halogens is 3. The van der Waals surface area contributed by atoms with Crippen LogP contribution in [0.3, 0.4) is 0 Å². The van der Waals surface area contributed by atoms with Crippen molar-refractivity contribution >= 4 is 15.9 Å². The number of hydrogen-bond acceptors (Lipinski definition) is 3. The number of aromatic nitrogens is 3. The largest absolute Gasteiger partial charge is 0.308 e. The Balaban J connectivity index is 2.28. The maximum absolute atomic E-state index is 13.3. The van der Waals surface area contributed by atoms with Crippen molar-refractivity contribution in [3.8, 4) is 0 Å². The Morgan fingerprint density at radius 1 is 1.29 bits per heavy atom. The Kier molecular flexibility index (Phi) is 5.41. The normalized spacial score (nSPS) is 12.6. The summed E-state index contributed by atoms with van der Waals surface area (Å²) in [6.45, 7) is 2.85. The van der Waals surface area contributed by atoms with Crippen molar-refractivity contribution < 1.29 is 8.78 Å². The van der Waals surface area contributed by atoms with Gasteiger partial charge in [-0.25, -0.2) is 13.5 Å². The molecule has 0 aliphatic rings. The number of hydrogen-bond donors (Lipinski definition) is 1. The second-order valence-electron chi connectivity index (χ2n) is 4.88. The second kappa shape index (κ2) is 7.09. The van der Waals surface area contributed by atoms with Crippen LogP contribution in [-0.4, -0.2) is 21.5 Å². The summed E-state index contributed by atoms with van der Waals surface area (Å²) in [6.07, 6.45) is 1.41. The molecular formula is C14H17BrF2N4. The standard InChI is InChI=1S/C14H17BrF2N4/c1-3-4-18-12(13-14(15)19-20-21(13)2)7-9-5-10(16)8-11(17)6-9/h5-6,8,12,18H,3-4,7H2,1-2H3.